The first kappa shape index (κ1) is 11.1. The molecule has 0 saturated carbocycles. The van der Waals surface area contributed by atoms with E-state index in [-0.39, 0.29) is 11.3 Å². The molecule has 1 heterocycles. The van der Waals surface area contributed by atoms with E-state index in [1.54, 1.807) is 23.1 Å². The van der Waals surface area contributed by atoms with E-state index in [2.05, 4.69) is 0 Å². The fraction of sp³-hybridized carbons (Fsp3) is 0.300. The predicted octanol–water partition coefficient (Wildman–Crippen LogP) is 3.34. The third kappa shape index (κ3) is 2.07. The van der Waals surface area contributed by atoms with Gasteiger partial charge in [0.1, 0.15) is 0 Å². The van der Waals surface area contributed by atoms with Gasteiger partial charge in [-0.25, -0.2) is 0 Å². The van der Waals surface area contributed by atoms with Crippen LogP contribution in [0.1, 0.15) is 6.42 Å². The number of anilines is 1. The number of hydrogen-bond acceptors (Lipinski definition) is 1. The molecule has 1 aliphatic heterocycles. The van der Waals surface area contributed by atoms with Crippen LogP contribution in [-0.2, 0) is 4.79 Å². The fourth-order valence-corrected chi connectivity index (χ4v) is 2.27. The molecule has 0 aromatic heterocycles. The zero-order chi connectivity index (χ0) is 11.0. The standard InChI is InChI=1S/C10H8Cl3NO/c11-6-4-9(15)14(5-6)8-3-1-2-7(12)10(8)13/h1-3,6H,4-5H2. The summed E-state index contributed by atoms with van der Waals surface area (Å²) in [6.45, 7) is 0.487. The van der Waals surface area contributed by atoms with Crippen LogP contribution >= 0.6 is 34.8 Å². The van der Waals surface area contributed by atoms with Gasteiger partial charge in [0.25, 0.3) is 0 Å². The van der Waals surface area contributed by atoms with Gasteiger partial charge in [0.05, 0.1) is 21.1 Å². The summed E-state index contributed by atoms with van der Waals surface area (Å²) in [5.41, 5.74) is 0.636. The Hall–Kier alpha value is -0.440. The van der Waals surface area contributed by atoms with Crippen LogP contribution in [0.5, 0.6) is 0 Å². The van der Waals surface area contributed by atoms with Gasteiger partial charge in [-0.15, -0.1) is 11.6 Å². The Labute approximate surface area is 103 Å². The van der Waals surface area contributed by atoms with Crippen molar-refractivity contribution in [3.63, 3.8) is 0 Å². The fourth-order valence-electron chi connectivity index (χ4n) is 1.60. The van der Waals surface area contributed by atoms with Gasteiger partial charge in [0, 0.05) is 13.0 Å². The second-order valence-electron chi connectivity index (χ2n) is 3.38. The topological polar surface area (TPSA) is 20.3 Å². The molecule has 0 aliphatic carbocycles. The number of nitrogens with zero attached hydrogens (tertiary/aromatic N) is 1. The van der Waals surface area contributed by atoms with Crippen LogP contribution in [-0.4, -0.2) is 17.8 Å². The molecule has 0 bridgehead atoms. The molecule has 1 saturated heterocycles. The van der Waals surface area contributed by atoms with Crippen molar-refractivity contribution in [2.75, 3.05) is 11.4 Å². The van der Waals surface area contributed by atoms with Crippen molar-refractivity contribution < 1.29 is 4.79 Å². The van der Waals surface area contributed by atoms with E-state index in [1.807, 2.05) is 0 Å². The van der Waals surface area contributed by atoms with Gasteiger partial charge in [-0.3, -0.25) is 4.79 Å². The van der Waals surface area contributed by atoms with Crippen molar-refractivity contribution >= 4 is 46.4 Å². The Morgan fingerprint density at radius 1 is 1.33 bits per heavy atom. The van der Waals surface area contributed by atoms with Crippen LogP contribution in [0.4, 0.5) is 5.69 Å². The maximum absolute atomic E-state index is 11.6. The number of alkyl halides is 1. The normalized spacial score (nSPS) is 21.1. The molecule has 0 N–H and O–H groups in total. The van der Waals surface area contributed by atoms with E-state index in [1.165, 1.54) is 0 Å². The van der Waals surface area contributed by atoms with Crippen molar-refractivity contribution in [3.05, 3.63) is 28.2 Å². The number of rotatable bonds is 1. The lowest BCUT2D eigenvalue weighted by Gasteiger charge is -2.17. The second-order valence-corrected chi connectivity index (χ2v) is 4.78. The number of halogens is 3. The summed E-state index contributed by atoms with van der Waals surface area (Å²) in [5, 5.41) is 0.700. The van der Waals surface area contributed by atoms with Crippen LogP contribution in [0.3, 0.4) is 0 Å². The van der Waals surface area contributed by atoms with Crippen molar-refractivity contribution in [1.29, 1.82) is 0 Å². The van der Waals surface area contributed by atoms with Gasteiger partial charge in [-0.2, -0.15) is 0 Å². The SMILES string of the molecule is O=C1CC(Cl)CN1c1cccc(Cl)c1Cl. The van der Waals surface area contributed by atoms with Gasteiger partial charge >= 0.3 is 0 Å². The molecule has 1 aliphatic rings. The minimum atomic E-state index is -0.146. The zero-order valence-electron chi connectivity index (χ0n) is 7.71. The Bertz CT molecular complexity index is 408. The minimum Gasteiger partial charge on any atom is -0.309 e. The largest absolute Gasteiger partial charge is 0.309 e. The third-order valence-corrected chi connectivity index (χ3v) is 3.40. The molecule has 1 amide bonds. The number of hydrogen-bond donors (Lipinski definition) is 0. The summed E-state index contributed by atoms with van der Waals surface area (Å²) >= 11 is 17.8. The molecule has 1 fully saturated rings. The summed E-state index contributed by atoms with van der Waals surface area (Å²) in [6, 6.07) is 5.21. The van der Waals surface area contributed by atoms with Gasteiger partial charge < -0.3 is 4.90 Å². The highest BCUT2D eigenvalue weighted by atomic mass is 35.5. The first-order chi connectivity index (χ1) is 7.09. The zero-order valence-corrected chi connectivity index (χ0v) is 9.98. The molecule has 2 rings (SSSR count). The average molecular weight is 265 g/mol. The smallest absolute Gasteiger partial charge is 0.228 e. The molecular weight excluding hydrogens is 256 g/mol. The number of benzene rings is 1. The minimum absolute atomic E-state index is 0.0147. The first-order valence-electron chi connectivity index (χ1n) is 4.48. The van der Waals surface area contributed by atoms with Crippen LogP contribution in [0.25, 0.3) is 0 Å². The monoisotopic (exact) mass is 263 g/mol. The van der Waals surface area contributed by atoms with Crippen molar-refractivity contribution in [1.82, 2.24) is 0 Å². The predicted molar refractivity (Wildman–Crippen MR) is 63.1 cm³/mol. The molecule has 15 heavy (non-hydrogen) atoms. The molecule has 1 atom stereocenters. The maximum Gasteiger partial charge on any atom is 0.228 e. The van der Waals surface area contributed by atoms with Crippen molar-refractivity contribution in [2.45, 2.75) is 11.8 Å². The van der Waals surface area contributed by atoms with Crippen LogP contribution < -0.4 is 4.90 Å². The number of amides is 1. The van der Waals surface area contributed by atoms with E-state index in [0.29, 0.717) is 28.7 Å². The number of carbonyl (C=O) groups is 1. The molecule has 1 aromatic rings. The Kier molecular flexibility index (Phi) is 3.10. The van der Waals surface area contributed by atoms with Gasteiger partial charge in [0.2, 0.25) is 5.91 Å². The Morgan fingerprint density at radius 3 is 2.67 bits per heavy atom. The summed E-state index contributed by atoms with van der Waals surface area (Å²) in [5.74, 6) is -0.0147. The third-order valence-electron chi connectivity index (χ3n) is 2.30. The second kappa shape index (κ2) is 4.20. The highest BCUT2D eigenvalue weighted by Gasteiger charge is 2.30. The summed E-state index contributed by atoms with van der Waals surface area (Å²) < 4.78 is 0. The first-order valence-corrected chi connectivity index (χ1v) is 5.67. The molecule has 0 spiro atoms. The van der Waals surface area contributed by atoms with E-state index in [0.717, 1.165) is 0 Å². The van der Waals surface area contributed by atoms with Gasteiger partial charge in [-0.1, -0.05) is 29.3 Å². The molecule has 80 valence electrons. The van der Waals surface area contributed by atoms with Crippen molar-refractivity contribution in [2.24, 2.45) is 0 Å². The van der Waals surface area contributed by atoms with Crippen molar-refractivity contribution in [3.8, 4) is 0 Å². The Balaban J connectivity index is 2.38. The van der Waals surface area contributed by atoms with Gasteiger partial charge in [-0.05, 0) is 12.1 Å². The van der Waals surface area contributed by atoms with Crippen LogP contribution in [0.15, 0.2) is 18.2 Å². The van der Waals surface area contributed by atoms with E-state index in [4.69, 9.17) is 34.8 Å². The van der Waals surface area contributed by atoms with Gasteiger partial charge in [0.15, 0.2) is 0 Å². The molecule has 0 radical (unpaired) electrons. The van der Waals surface area contributed by atoms with Crippen LogP contribution in [0, 0.1) is 0 Å². The summed E-state index contributed by atoms with van der Waals surface area (Å²) in [7, 11) is 0. The molecule has 2 nitrogen and oxygen atoms in total. The quantitative estimate of drug-likeness (QED) is 0.713. The number of carbonyl (C=O) groups excluding carboxylic acids is 1. The lowest BCUT2D eigenvalue weighted by Crippen LogP contribution is -2.24. The Morgan fingerprint density at radius 2 is 2.07 bits per heavy atom. The summed E-state index contributed by atoms with van der Waals surface area (Å²) in [4.78, 5) is 13.2. The lowest BCUT2D eigenvalue weighted by atomic mass is 10.3. The highest BCUT2D eigenvalue weighted by Crippen LogP contribution is 2.35. The maximum atomic E-state index is 11.6. The van der Waals surface area contributed by atoms with E-state index < -0.39 is 0 Å². The lowest BCUT2D eigenvalue weighted by molar-refractivity contribution is -0.117. The molecular formula is C10H8Cl3NO. The summed E-state index contributed by atoms with van der Waals surface area (Å²) in [6.07, 6.45) is 0.352. The van der Waals surface area contributed by atoms with E-state index >= 15 is 0 Å². The molecule has 5 heteroatoms. The average Bonchev–Trinajstić information content (AvgIpc) is 2.50. The molecule has 1 aromatic carbocycles. The van der Waals surface area contributed by atoms with Crippen LogP contribution in [0.2, 0.25) is 10.0 Å². The molecule has 1 unspecified atom stereocenters. The van der Waals surface area contributed by atoms with E-state index in [9.17, 15) is 4.79 Å². The highest BCUT2D eigenvalue weighted by molar-refractivity contribution is 6.44.